The molecule has 0 saturated heterocycles. The summed E-state index contributed by atoms with van der Waals surface area (Å²) in [5.74, 6) is -0.703. The molecule has 3 aromatic rings. The second-order valence-corrected chi connectivity index (χ2v) is 7.02. The Bertz CT molecular complexity index is 1040. The number of carbonyl (C=O) groups excluding carboxylic acids is 1. The summed E-state index contributed by atoms with van der Waals surface area (Å²) in [6.07, 6.45) is 1.25. The van der Waals surface area contributed by atoms with Gasteiger partial charge in [-0.1, -0.05) is 29.8 Å². The quantitative estimate of drug-likeness (QED) is 0.682. The normalized spacial score (nSPS) is 11.8. The van der Waals surface area contributed by atoms with Crippen molar-refractivity contribution in [1.82, 2.24) is 19.8 Å². The number of benzene rings is 1. The molecule has 0 aliphatic carbocycles. The van der Waals surface area contributed by atoms with Crippen LogP contribution in [-0.4, -0.2) is 23.9 Å². The monoisotopic (exact) mass is 368 g/mol. The molecule has 2 heterocycles. The van der Waals surface area contributed by atoms with Gasteiger partial charge in [-0.15, -0.1) is 4.83 Å². The van der Waals surface area contributed by atoms with Crippen LogP contribution in [0.2, 0.25) is 5.15 Å². The Morgan fingerprint density at radius 1 is 1.33 bits per heavy atom. The van der Waals surface area contributed by atoms with Gasteiger partial charge in [-0.05, 0) is 13.0 Å². The van der Waals surface area contributed by atoms with E-state index in [-0.39, 0.29) is 15.9 Å². The van der Waals surface area contributed by atoms with Crippen molar-refractivity contribution in [2.24, 2.45) is 7.05 Å². The average Bonchev–Trinajstić information content (AvgIpc) is 3.07. The highest BCUT2D eigenvalue weighted by Gasteiger charge is 2.24. The Labute approximate surface area is 142 Å². The average molecular weight is 369 g/mol. The number of carbonyl (C=O) groups is 1. The number of fused-ring (bicyclic) bond motifs is 1. The van der Waals surface area contributed by atoms with Gasteiger partial charge in [0.05, 0.1) is 6.33 Å². The molecule has 8 nitrogen and oxygen atoms in total. The van der Waals surface area contributed by atoms with E-state index in [0.29, 0.717) is 11.1 Å². The molecule has 0 fully saturated rings. The number of amides is 1. The van der Waals surface area contributed by atoms with Crippen molar-refractivity contribution >= 4 is 38.5 Å². The molecule has 126 valence electrons. The number of hydrogen-bond acceptors (Lipinski definition) is 5. The summed E-state index contributed by atoms with van der Waals surface area (Å²) in [4.78, 5) is 17.9. The summed E-state index contributed by atoms with van der Waals surface area (Å²) < 4.78 is 31.1. The van der Waals surface area contributed by atoms with Crippen LogP contribution in [0.15, 0.2) is 40.0 Å². The van der Waals surface area contributed by atoms with Gasteiger partial charge in [0.2, 0.25) is 5.03 Å². The number of hydrogen-bond donors (Lipinski definition) is 2. The van der Waals surface area contributed by atoms with E-state index in [9.17, 15) is 13.2 Å². The molecule has 0 atom stereocenters. The number of nitrogens with one attached hydrogen (secondary N) is 2. The van der Waals surface area contributed by atoms with Crippen LogP contribution >= 0.6 is 11.6 Å². The second kappa shape index (κ2) is 5.93. The van der Waals surface area contributed by atoms with Crippen LogP contribution in [0.1, 0.15) is 16.1 Å². The van der Waals surface area contributed by atoms with Gasteiger partial charge in [0, 0.05) is 18.0 Å². The lowest BCUT2D eigenvalue weighted by Gasteiger charge is -2.06. The molecular weight excluding hydrogens is 356 g/mol. The van der Waals surface area contributed by atoms with Crippen LogP contribution < -0.4 is 10.3 Å². The molecule has 0 bridgehead atoms. The van der Waals surface area contributed by atoms with E-state index >= 15 is 0 Å². The first-order valence-corrected chi connectivity index (χ1v) is 8.64. The third kappa shape index (κ3) is 2.77. The summed E-state index contributed by atoms with van der Waals surface area (Å²) in [6.45, 7) is 1.71. The highest BCUT2D eigenvalue weighted by atomic mass is 35.5. The first-order chi connectivity index (χ1) is 11.3. The standard InChI is InChI=1S/C14H13ClN4O4S/c1-8-9-5-3-4-6-10(9)23-11(8)13(20)17-18-24(21,22)14-12(15)19(2)7-16-14/h3-7,18H,1-2H3,(H,17,20). The molecule has 0 spiro atoms. The molecule has 0 radical (unpaired) electrons. The highest BCUT2D eigenvalue weighted by Crippen LogP contribution is 2.24. The summed E-state index contributed by atoms with van der Waals surface area (Å²) in [6, 6.07) is 7.12. The zero-order chi connectivity index (χ0) is 17.5. The zero-order valence-corrected chi connectivity index (χ0v) is 14.3. The largest absolute Gasteiger partial charge is 0.451 e. The number of aryl methyl sites for hydroxylation is 2. The number of para-hydroxylation sites is 1. The zero-order valence-electron chi connectivity index (χ0n) is 12.7. The maximum atomic E-state index is 12.2. The van der Waals surface area contributed by atoms with Gasteiger partial charge in [-0.2, -0.15) is 0 Å². The molecular formula is C14H13ClN4O4S. The summed E-state index contributed by atoms with van der Waals surface area (Å²) >= 11 is 5.85. The maximum absolute atomic E-state index is 12.2. The lowest BCUT2D eigenvalue weighted by atomic mass is 10.1. The Morgan fingerprint density at radius 3 is 2.67 bits per heavy atom. The molecule has 3 rings (SSSR count). The van der Waals surface area contributed by atoms with Crippen molar-refractivity contribution in [2.75, 3.05) is 0 Å². The Kier molecular flexibility index (Phi) is 4.08. The van der Waals surface area contributed by atoms with Crippen LogP contribution in [0.5, 0.6) is 0 Å². The first kappa shape index (κ1) is 16.5. The molecule has 24 heavy (non-hydrogen) atoms. The smallest absolute Gasteiger partial charge is 0.302 e. The molecule has 0 saturated carbocycles. The van der Waals surface area contributed by atoms with Crippen molar-refractivity contribution in [3.8, 4) is 0 Å². The Balaban J connectivity index is 1.82. The molecule has 1 aromatic carbocycles. The van der Waals surface area contributed by atoms with Gasteiger partial charge in [0.1, 0.15) is 10.7 Å². The fourth-order valence-corrected chi connectivity index (χ4v) is 3.46. The molecule has 2 aromatic heterocycles. The molecule has 10 heteroatoms. The minimum atomic E-state index is -4.10. The fraction of sp³-hybridized carbons (Fsp3) is 0.143. The second-order valence-electron chi connectivity index (χ2n) is 5.06. The summed E-state index contributed by atoms with van der Waals surface area (Å²) in [7, 11) is -2.56. The Morgan fingerprint density at radius 2 is 2.04 bits per heavy atom. The van der Waals surface area contributed by atoms with Crippen molar-refractivity contribution < 1.29 is 17.6 Å². The molecule has 1 amide bonds. The number of halogens is 1. The number of rotatable bonds is 4. The van der Waals surface area contributed by atoms with E-state index in [2.05, 4.69) is 10.4 Å². The van der Waals surface area contributed by atoms with Gasteiger partial charge < -0.3 is 8.98 Å². The maximum Gasteiger partial charge on any atom is 0.302 e. The first-order valence-electron chi connectivity index (χ1n) is 6.78. The van der Waals surface area contributed by atoms with E-state index < -0.39 is 15.9 Å². The van der Waals surface area contributed by atoms with Crippen molar-refractivity contribution in [2.45, 2.75) is 11.9 Å². The van der Waals surface area contributed by atoms with Crippen LogP contribution in [0.4, 0.5) is 0 Å². The highest BCUT2D eigenvalue weighted by molar-refractivity contribution is 7.89. The van der Waals surface area contributed by atoms with E-state index in [1.807, 2.05) is 17.0 Å². The number of furan rings is 1. The predicted octanol–water partition coefficient (Wildman–Crippen LogP) is 1.75. The van der Waals surface area contributed by atoms with Crippen molar-refractivity contribution in [3.63, 3.8) is 0 Å². The Hall–Kier alpha value is -2.36. The van der Waals surface area contributed by atoms with E-state index in [4.69, 9.17) is 16.0 Å². The lowest BCUT2D eigenvalue weighted by molar-refractivity contribution is 0.0918. The third-order valence-electron chi connectivity index (χ3n) is 3.44. The topological polar surface area (TPSA) is 106 Å². The number of hydrazine groups is 1. The van der Waals surface area contributed by atoms with Crippen molar-refractivity contribution in [1.29, 1.82) is 0 Å². The summed E-state index contributed by atoms with van der Waals surface area (Å²) in [5.41, 5.74) is 3.24. The lowest BCUT2D eigenvalue weighted by Crippen LogP contribution is -2.41. The minimum Gasteiger partial charge on any atom is -0.451 e. The minimum absolute atomic E-state index is 0.0195. The molecule has 0 unspecified atom stereocenters. The van der Waals surface area contributed by atoms with E-state index in [1.165, 1.54) is 10.9 Å². The van der Waals surface area contributed by atoms with Gasteiger partial charge in [-0.3, -0.25) is 10.2 Å². The predicted molar refractivity (Wildman–Crippen MR) is 87.0 cm³/mol. The SMILES string of the molecule is Cc1c(C(=O)NNS(=O)(=O)c2ncn(C)c2Cl)oc2ccccc12. The van der Waals surface area contributed by atoms with Crippen LogP contribution in [-0.2, 0) is 17.1 Å². The van der Waals surface area contributed by atoms with E-state index in [0.717, 1.165) is 5.39 Å². The van der Waals surface area contributed by atoms with Gasteiger partial charge in [0.15, 0.2) is 5.76 Å². The third-order valence-corrected chi connectivity index (χ3v) is 5.17. The van der Waals surface area contributed by atoms with Gasteiger partial charge in [-0.25, -0.2) is 13.4 Å². The van der Waals surface area contributed by atoms with Gasteiger partial charge in [0.25, 0.3) is 10.0 Å². The van der Waals surface area contributed by atoms with Crippen molar-refractivity contribution in [3.05, 3.63) is 47.1 Å². The number of sulfonamides is 1. The van der Waals surface area contributed by atoms with Crippen LogP contribution in [0.3, 0.4) is 0 Å². The molecule has 0 aliphatic rings. The number of aromatic nitrogens is 2. The van der Waals surface area contributed by atoms with Crippen LogP contribution in [0, 0.1) is 6.92 Å². The number of nitrogens with zero attached hydrogens (tertiary/aromatic N) is 2. The number of imidazole rings is 1. The fourth-order valence-electron chi connectivity index (χ4n) is 2.18. The molecule has 0 aliphatic heterocycles. The van der Waals surface area contributed by atoms with E-state index in [1.54, 1.807) is 26.1 Å². The molecule has 2 N–H and O–H groups in total. The summed E-state index contributed by atoms with van der Waals surface area (Å²) in [5, 5.41) is 0.322. The van der Waals surface area contributed by atoms with Crippen LogP contribution in [0.25, 0.3) is 11.0 Å². The van der Waals surface area contributed by atoms with Gasteiger partial charge >= 0.3 is 5.91 Å².